The van der Waals surface area contributed by atoms with Gasteiger partial charge in [0.15, 0.2) is 5.13 Å². The highest BCUT2D eigenvalue weighted by Crippen LogP contribution is 2.29. The number of anilines is 2. The molecule has 0 atom stereocenters. The van der Waals surface area contributed by atoms with E-state index in [9.17, 15) is 4.79 Å². The fraction of sp³-hybridized carbons (Fsp3) is 0.412. The van der Waals surface area contributed by atoms with Crippen LogP contribution in [0, 0.1) is 0 Å². The van der Waals surface area contributed by atoms with Crippen LogP contribution < -0.4 is 10.6 Å². The summed E-state index contributed by atoms with van der Waals surface area (Å²) in [7, 11) is 3.98. The van der Waals surface area contributed by atoms with Gasteiger partial charge in [0.2, 0.25) is 0 Å². The standard InChI is InChI=1S/C17H24N4OS/c1-17(2,3)13-8-6-7-9-14(13)19-15(22)20-16-18-12(11-23-16)10-21(4)5/h6-9,11H,10H2,1-5H3,(H2,18,19,20,22). The monoisotopic (exact) mass is 332 g/mol. The minimum absolute atomic E-state index is 0.0378. The van der Waals surface area contributed by atoms with Crippen LogP contribution >= 0.6 is 11.3 Å². The number of nitrogens with zero attached hydrogens (tertiary/aromatic N) is 2. The summed E-state index contributed by atoms with van der Waals surface area (Å²) >= 11 is 1.43. The van der Waals surface area contributed by atoms with Crippen LogP contribution in [0.2, 0.25) is 0 Å². The Labute approximate surface area is 141 Å². The smallest absolute Gasteiger partial charge is 0.307 e. The van der Waals surface area contributed by atoms with Crippen molar-refractivity contribution < 1.29 is 4.79 Å². The molecule has 23 heavy (non-hydrogen) atoms. The number of carbonyl (C=O) groups excluding carboxylic acids is 1. The van der Waals surface area contributed by atoms with Crippen molar-refractivity contribution in [1.82, 2.24) is 9.88 Å². The molecule has 2 N–H and O–H groups in total. The molecule has 0 saturated carbocycles. The zero-order chi connectivity index (χ0) is 17.0. The summed E-state index contributed by atoms with van der Waals surface area (Å²) in [6, 6.07) is 7.59. The molecule has 1 aromatic heterocycles. The largest absolute Gasteiger partial charge is 0.325 e. The van der Waals surface area contributed by atoms with Crippen molar-refractivity contribution in [2.45, 2.75) is 32.7 Å². The molecule has 2 amide bonds. The van der Waals surface area contributed by atoms with Crippen LogP contribution in [-0.4, -0.2) is 30.0 Å². The first-order valence-corrected chi connectivity index (χ1v) is 8.40. The topological polar surface area (TPSA) is 57.3 Å². The Balaban J connectivity index is 2.04. The molecule has 2 aromatic rings. The quantitative estimate of drug-likeness (QED) is 0.884. The predicted molar refractivity (Wildman–Crippen MR) is 97.3 cm³/mol. The van der Waals surface area contributed by atoms with E-state index >= 15 is 0 Å². The van der Waals surface area contributed by atoms with Crippen LogP contribution in [0.15, 0.2) is 29.6 Å². The molecule has 0 aliphatic rings. The van der Waals surface area contributed by atoms with Crippen LogP contribution in [0.5, 0.6) is 0 Å². The van der Waals surface area contributed by atoms with Gasteiger partial charge in [-0.3, -0.25) is 5.32 Å². The van der Waals surface area contributed by atoms with Crippen LogP contribution in [0.25, 0.3) is 0 Å². The van der Waals surface area contributed by atoms with E-state index in [1.54, 1.807) is 0 Å². The highest BCUT2D eigenvalue weighted by molar-refractivity contribution is 7.13. The third-order valence-electron chi connectivity index (χ3n) is 3.23. The average molecular weight is 332 g/mol. The van der Waals surface area contributed by atoms with E-state index in [0.717, 1.165) is 23.5 Å². The van der Waals surface area contributed by atoms with E-state index in [0.29, 0.717) is 5.13 Å². The number of aromatic nitrogens is 1. The maximum Gasteiger partial charge on any atom is 0.325 e. The molecule has 2 rings (SSSR count). The lowest BCUT2D eigenvalue weighted by Gasteiger charge is -2.22. The number of para-hydroxylation sites is 1. The number of rotatable bonds is 4. The van der Waals surface area contributed by atoms with Crippen molar-refractivity contribution in [2.75, 3.05) is 24.7 Å². The van der Waals surface area contributed by atoms with Crippen LogP contribution in [-0.2, 0) is 12.0 Å². The molecule has 0 saturated heterocycles. The Morgan fingerprint density at radius 2 is 1.91 bits per heavy atom. The zero-order valence-corrected chi connectivity index (χ0v) is 15.1. The van der Waals surface area contributed by atoms with Crippen LogP contribution in [0.4, 0.5) is 15.6 Å². The summed E-state index contributed by atoms with van der Waals surface area (Å²) in [4.78, 5) is 18.7. The summed E-state index contributed by atoms with van der Waals surface area (Å²) in [5.74, 6) is 0. The molecule has 5 nitrogen and oxygen atoms in total. The van der Waals surface area contributed by atoms with Gasteiger partial charge < -0.3 is 10.2 Å². The second kappa shape index (κ2) is 7.10. The third-order valence-corrected chi connectivity index (χ3v) is 4.04. The lowest BCUT2D eigenvalue weighted by atomic mass is 9.86. The van der Waals surface area contributed by atoms with Gasteiger partial charge in [0, 0.05) is 17.6 Å². The summed E-state index contributed by atoms with van der Waals surface area (Å²) < 4.78 is 0. The Morgan fingerprint density at radius 1 is 1.22 bits per heavy atom. The zero-order valence-electron chi connectivity index (χ0n) is 14.3. The minimum Gasteiger partial charge on any atom is -0.307 e. The van der Waals surface area contributed by atoms with Gasteiger partial charge in [0.1, 0.15) is 0 Å². The molecule has 0 fully saturated rings. The van der Waals surface area contributed by atoms with Gasteiger partial charge in [-0.05, 0) is 31.1 Å². The van der Waals surface area contributed by atoms with E-state index in [1.165, 1.54) is 11.3 Å². The molecule has 1 heterocycles. The molecule has 0 aliphatic heterocycles. The Morgan fingerprint density at radius 3 is 2.57 bits per heavy atom. The molecule has 0 spiro atoms. The van der Waals surface area contributed by atoms with Crippen molar-refractivity contribution in [3.8, 4) is 0 Å². The van der Waals surface area contributed by atoms with E-state index in [4.69, 9.17) is 0 Å². The van der Waals surface area contributed by atoms with Crippen LogP contribution in [0.3, 0.4) is 0 Å². The fourth-order valence-corrected chi connectivity index (χ4v) is 2.95. The van der Waals surface area contributed by atoms with Gasteiger partial charge in [-0.25, -0.2) is 9.78 Å². The van der Waals surface area contributed by atoms with Crippen molar-refractivity contribution >= 4 is 28.2 Å². The number of amides is 2. The van der Waals surface area contributed by atoms with Gasteiger partial charge >= 0.3 is 6.03 Å². The van der Waals surface area contributed by atoms with Gasteiger partial charge in [0.25, 0.3) is 0 Å². The maximum absolute atomic E-state index is 12.2. The molecule has 0 radical (unpaired) electrons. The molecule has 124 valence electrons. The van der Waals surface area contributed by atoms with Gasteiger partial charge in [-0.15, -0.1) is 11.3 Å². The number of urea groups is 1. The molecular weight excluding hydrogens is 308 g/mol. The number of hydrogen-bond acceptors (Lipinski definition) is 4. The third kappa shape index (κ3) is 5.04. The highest BCUT2D eigenvalue weighted by Gasteiger charge is 2.18. The summed E-state index contributed by atoms with van der Waals surface area (Å²) in [5, 5.41) is 8.28. The second-order valence-electron chi connectivity index (χ2n) is 6.76. The van der Waals surface area contributed by atoms with Crippen LogP contribution in [0.1, 0.15) is 32.0 Å². The fourth-order valence-electron chi connectivity index (χ4n) is 2.26. The van der Waals surface area contributed by atoms with Gasteiger partial charge in [-0.1, -0.05) is 39.0 Å². The predicted octanol–water partition coefficient (Wildman–Crippen LogP) is 4.15. The number of nitrogens with one attached hydrogen (secondary N) is 2. The highest BCUT2D eigenvalue weighted by atomic mass is 32.1. The molecule has 6 heteroatoms. The van der Waals surface area contributed by atoms with Gasteiger partial charge in [-0.2, -0.15) is 0 Å². The van der Waals surface area contributed by atoms with Crippen molar-refractivity contribution in [3.63, 3.8) is 0 Å². The summed E-state index contributed by atoms with van der Waals surface area (Å²) in [6.45, 7) is 7.13. The molecule has 0 bridgehead atoms. The van der Waals surface area contributed by atoms with E-state index in [2.05, 4.69) is 36.4 Å². The summed E-state index contributed by atoms with van der Waals surface area (Å²) in [6.07, 6.45) is 0. The Kier molecular flexibility index (Phi) is 5.38. The first-order valence-electron chi connectivity index (χ1n) is 7.52. The van der Waals surface area contributed by atoms with E-state index in [-0.39, 0.29) is 11.4 Å². The first-order chi connectivity index (χ1) is 10.8. The van der Waals surface area contributed by atoms with Crippen molar-refractivity contribution in [1.29, 1.82) is 0 Å². The molecular formula is C17H24N4OS. The SMILES string of the molecule is CN(C)Cc1csc(NC(=O)Nc2ccccc2C(C)(C)C)n1. The molecule has 0 unspecified atom stereocenters. The van der Waals surface area contributed by atoms with Gasteiger partial charge in [0.05, 0.1) is 5.69 Å². The normalized spacial score (nSPS) is 11.6. The number of hydrogen-bond donors (Lipinski definition) is 2. The van der Waals surface area contributed by atoms with E-state index < -0.39 is 0 Å². The van der Waals surface area contributed by atoms with Crippen molar-refractivity contribution in [3.05, 3.63) is 40.9 Å². The Bertz CT molecular complexity index is 673. The van der Waals surface area contributed by atoms with E-state index in [1.807, 2.05) is 48.6 Å². The Hall–Kier alpha value is -1.92. The maximum atomic E-state index is 12.2. The van der Waals surface area contributed by atoms with Crippen molar-refractivity contribution in [2.24, 2.45) is 0 Å². The number of thiazole rings is 1. The lowest BCUT2D eigenvalue weighted by Crippen LogP contribution is -2.22. The molecule has 0 aliphatic carbocycles. The number of carbonyl (C=O) groups is 1. The summed E-state index contributed by atoms with van der Waals surface area (Å²) in [5.41, 5.74) is 2.83. The average Bonchev–Trinajstić information content (AvgIpc) is 2.84. The number of benzene rings is 1. The molecule has 1 aromatic carbocycles. The second-order valence-corrected chi connectivity index (χ2v) is 7.61. The lowest BCUT2D eigenvalue weighted by molar-refractivity contribution is 0.262. The first kappa shape index (κ1) is 17.4. The minimum atomic E-state index is -0.271.